The van der Waals surface area contributed by atoms with Crippen molar-refractivity contribution in [3.8, 4) is 0 Å². The zero-order valence-corrected chi connectivity index (χ0v) is 20.8. The maximum absolute atomic E-state index is 12.0. The molecule has 3 rings (SSSR count). The Hall–Kier alpha value is -1.74. The highest BCUT2D eigenvalue weighted by atomic mass is 127. The van der Waals surface area contributed by atoms with E-state index in [1.54, 1.807) is 0 Å². The van der Waals surface area contributed by atoms with Gasteiger partial charge in [0.25, 0.3) is 5.91 Å². The van der Waals surface area contributed by atoms with Crippen molar-refractivity contribution in [2.45, 2.75) is 24.8 Å². The number of guanidine groups is 1. The van der Waals surface area contributed by atoms with Crippen LogP contribution >= 0.6 is 35.7 Å². The van der Waals surface area contributed by atoms with E-state index in [1.165, 1.54) is 11.3 Å². The van der Waals surface area contributed by atoms with Gasteiger partial charge in [0.1, 0.15) is 0 Å². The summed E-state index contributed by atoms with van der Waals surface area (Å²) >= 11 is 1.93. The lowest BCUT2D eigenvalue weighted by atomic mass is 10.1. The third kappa shape index (κ3) is 7.19. The molecule has 2 aromatic carbocycles. The number of halogens is 1. The monoisotopic (exact) mass is 538 g/mol. The maximum Gasteiger partial charge on any atom is 0.251 e. The molecule has 1 atom stereocenters. The van der Waals surface area contributed by atoms with E-state index >= 15 is 0 Å². The standard InChI is InChI=1S/C23H30N4OS.HI/c1-3-25-22(28)20-9-7-8-18(14-20)15-26-23(24-2)27-13-12-19(16-27)17-29-21-10-5-4-6-11-21;/h4-11,14,19H,3,12-13,15-17H2,1-2H3,(H,24,26)(H,25,28);1H. The van der Waals surface area contributed by atoms with Gasteiger partial charge in [0.2, 0.25) is 0 Å². The van der Waals surface area contributed by atoms with Crippen molar-refractivity contribution in [3.05, 3.63) is 65.7 Å². The van der Waals surface area contributed by atoms with Crippen LogP contribution < -0.4 is 10.6 Å². The fraction of sp³-hybridized carbons (Fsp3) is 0.391. The molecule has 0 saturated carbocycles. The van der Waals surface area contributed by atoms with Gasteiger partial charge in [-0.05, 0) is 49.1 Å². The van der Waals surface area contributed by atoms with Gasteiger partial charge < -0.3 is 15.5 Å². The first-order valence-electron chi connectivity index (χ1n) is 10.2. The van der Waals surface area contributed by atoms with Gasteiger partial charge in [-0.15, -0.1) is 35.7 Å². The van der Waals surface area contributed by atoms with Crippen molar-refractivity contribution in [3.63, 3.8) is 0 Å². The molecule has 0 spiro atoms. The molecule has 162 valence electrons. The van der Waals surface area contributed by atoms with Crippen molar-refractivity contribution >= 4 is 47.6 Å². The molecule has 1 aliphatic heterocycles. The quantitative estimate of drug-likeness (QED) is 0.240. The zero-order chi connectivity index (χ0) is 20.5. The van der Waals surface area contributed by atoms with Crippen LogP contribution in [-0.4, -0.2) is 49.2 Å². The van der Waals surface area contributed by atoms with Crippen LogP contribution in [0, 0.1) is 5.92 Å². The lowest BCUT2D eigenvalue weighted by molar-refractivity contribution is 0.0955. The molecular formula is C23H31IN4OS. The van der Waals surface area contributed by atoms with E-state index in [2.05, 4.69) is 50.9 Å². The molecule has 0 aliphatic carbocycles. The number of amides is 1. The Morgan fingerprint density at radius 1 is 1.17 bits per heavy atom. The van der Waals surface area contributed by atoms with E-state index in [9.17, 15) is 4.79 Å². The summed E-state index contributed by atoms with van der Waals surface area (Å²) in [5.41, 5.74) is 1.77. The van der Waals surface area contributed by atoms with Crippen LogP contribution in [0.5, 0.6) is 0 Å². The van der Waals surface area contributed by atoms with Crippen molar-refractivity contribution in [1.82, 2.24) is 15.5 Å². The molecule has 2 N–H and O–H groups in total. The minimum absolute atomic E-state index is 0. The molecule has 0 aromatic heterocycles. The van der Waals surface area contributed by atoms with Crippen molar-refractivity contribution in [1.29, 1.82) is 0 Å². The van der Waals surface area contributed by atoms with Crippen LogP contribution in [0.1, 0.15) is 29.3 Å². The van der Waals surface area contributed by atoms with Gasteiger partial charge in [0.05, 0.1) is 0 Å². The molecule has 0 radical (unpaired) electrons. The molecule has 2 aromatic rings. The number of carbonyl (C=O) groups excluding carboxylic acids is 1. The first-order valence-corrected chi connectivity index (χ1v) is 11.2. The van der Waals surface area contributed by atoms with E-state index in [0.717, 1.165) is 30.4 Å². The van der Waals surface area contributed by atoms with Gasteiger partial charge in [-0.25, -0.2) is 0 Å². The number of hydrogen-bond acceptors (Lipinski definition) is 3. The summed E-state index contributed by atoms with van der Waals surface area (Å²) in [7, 11) is 1.83. The van der Waals surface area contributed by atoms with Crippen LogP contribution in [0.2, 0.25) is 0 Å². The summed E-state index contributed by atoms with van der Waals surface area (Å²) in [6.45, 7) is 5.26. The Kier molecular flexibility index (Phi) is 10.5. The van der Waals surface area contributed by atoms with Crippen LogP contribution in [0.4, 0.5) is 0 Å². The first kappa shape index (κ1) is 24.5. The SMILES string of the molecule is CCNC(=O)c1cccc(CNC(=NC)N2CCC(CSc3ccccc3)C2)c1.I. The summed E-state index contributed by atoms with van der Waals surface area (Å²) < 4.78 is 0. The fourth-order valence-corrected chi connectivity index (χ4v) is 4.54. The van der Waals surface area contributed by atoms with Gasteiger partial charge >= 0.3 is 0 Å². The van der Waals surface area contributed by atoms with Crippen LogP contribution in [-0.2, 0) is 6.54 Å². The van der Waals surface area contributed by atoms with Crippen molar-refractivity contribution < 1.29 is 4.79 Å². The first-order chi connectivity index (χ1) is 14.2. The molecule has 0 bridgehead atoms. The number of carbonyl (C=O) groups is 1. The number of hydrogen-bond donors (Lipinski definition) is 2. The predicted octanol–water partition coefficient (Wildman–Crippen LogP) is 4.24. The number of rotatable bonds is 7. The minimum Gasteiger partial charge on any atom is -0.352 e. The van der Waals surface area contributed by atoms with Crippen LogP contribution in [0.25, 0.3) is 0 Å². The van der Waals surface area contributed by atoms with Gasteiger partial charge in [0, 0.05) is 49.4 Å². The summed E-state index contributed by atoms with van der Waals surface area (Å²) in [5, 5.41) is 6.30. The molecule has 30 heavy (non-hydrogen) atoms. The topological polar surface area (TPSA) is 56.7 Å². The minimum atomic E-state index is -0.0305. The van der Waals surface area contributed by atoms with Gasteiger partial charge in [-0.1, -0.05) is 30.3 Å². The molecule has 1 aliphatic rings. The molecule has 1 fully saturated rings. The average Bonchev–Trinajstić information content (AvgIpc) is 3.23. The Labute approximate surface area is 201 Å². The maximum atomic E-state index is 12.0. The lowest BCUT2D eigenvalue weighted by Gasteiger charge is -2.22. The highest BCUT2D eigenvalue weighted by Crippen LogP contribution is 2.25. The summed E-state index contributed by atoms with van der Waals surface area (Å²) in [5.74, 6) is 2.70. The molecule has 7 heteroatoms. The highest BCUT2D eigenvalue weighted by Gasteiger charge is 2.24. The summed E-state index contributed by atoms with van der Waals surface area (Å²) in [6.07, 6.45) is 1.19. The van der Waals surface area contributed by atoms with E-state index in [0.29, 0.717) is 24.6 Å². The average molecular weight is 538 g/mol. The predicted molar refractivity (Wildman–Crippen MR) is 137 cm³/mol. The smallest absolute Gasteiger partial charge is 0.251 e. The van der Waals surface area contributed by atoms with Gasteiger partial charge in [-0.2, -0.15) is 0 Å². The third-order valence-electron chi connectivity index (χ3n) is 5.00. The lowest BCUT2D eigenvalue weighted by Crippen LogP contribution is -2.39. The van der Waals surface area contributed by atoms with Crippen molar-refractivity contribution in [2.75, 3.05) is 32.4 Å². The third-order valence-corrected chi connectivity index (χ3v) is 6.25. The normalized spacial score (nSPS) is 16.1. The van der Waals surface area contributed by atoms with Crippen molar-refractivity contribution in [2.24, 2.45) is 10.9 Å². The van der Waals surface area contributed by atoms with E-state index in [4.69, 9.17) is 0 Å². The van der Waals surface area contributed by atoms with Gasteiger partial charge in [-0.3, -0.25) is 9.79 Å². The largest absolute Gasteiger partial charge is 0.352 e. The highest BCUT2D eigenvalue weighted by molar-refractivity contribution is 14.0. The number of nitrogens with zero attached hydrogens (tertiary/aromatic N) is 2. The molecule has 1 heterocycles. The van der Waals surface area contributed by atoms with Crippen LogP contribution in [0.15, 0.2) is 64.5 Å². The number of likely N-dealkylation sites (tertiary alicyclic amines) is 1. The Morgan fingerprint density at radius 2 is 1.97 bits per heavy atom. The Balaban J connectivity index is 0.00000320. The zero-order valence-electron chi connectivity index (χ0n) is 17.6. The van der Waals surface area contributed by atoms with E-state index in [-0.39, 0.29) is 29.9 Å². The molecule has 5 nitrogen and oxygen atoms in total. The summed E-state index contributed by atoms with van der Waals surface area (Å²) in [4.78, 5) is 20.2. The number of benzene rings is 2. The number of thioether (sulfide) groups is 1. The second kappa shape index (κ2) is 12.8. The molecular weight excluding hydrogens is 507 g/mol. The van der Waals surface area contributed by atoms with Gasteiger partial charge in [0.15, 0.2) is 5.96 Å². The Bertz CT molecular complexity index is 831. The van der Waals surface area contributed by atoms with E-state index in [1.807, 2.05) is 50.0 Å². The van der Waals surface area contributed by atoms with Crippen LogP contribution in [0.3, 0.4) is 0 Å². The van der Waals surface area contributed by atoms with E-state index < -0.39 is 0 Å². The second-order valence-corrected chi connectivity index (χ2v) is 8.28. The fourth-order valence-electron chi connectivity index (χ4n) is 3.49. The molecule has 1 amide bonds. The molecule has 1 saturated heterocycles. The number of aliphatic imine (C=N–C) groups is 1. The number of nitrogens with one attached hydrogen (secondary N) is 2. The molecule has 1 unspecified atom stereocenters. The summed E-state index contributed by atoms with van der Waals surface area (Å²) in [6, 6.07) is 18.3. The Morgan fingerprint density at radius 3 is 2.70 bits per heavy atom. The second-order valence-electron chi connectivity index (χ2n) is 7.19.